The quantitative estimate of drug-likeness (QED) is 0.804. The molecule has 2 nitrogen and oxygen atoms in total. The van der Waals surface area contributed by atoms with Crippen LogP contribution < -0.4 is 4.74 Å². The number of aryl methyl sites for hydroxylation is 1. The normalized spacial score (nSPS) is 10.7. The second-order valence-electron chi connectivity index (χ2n) is 4.82. The van der Waals surface area contributed by atoms with E-state index in [2.05, 4.69) is 50.0 Å². The van der Waals surface area contributed by atoms with Gasteiger partial charge in [-0.3, -0.25) is 0 Å². The smallest absolute Gasteiger partial charge is 0.213 e. The van der Waals surface area contributed by atoms with Crippen LogP contribution in [0, 0.1) is 6.92 Å². The van der Waals surface area contributed by atoms with Crippen LogP contribution in [0.2, 0.25) is 0 Å². The molecule has 0 saturated carbocycles. The SMILES string of the molecule is COc1cc(-c2ccc(C(C)C)cc2)c(C)cn1. The molecule has 1 aromatic heterocycles. The minimum absolute atomic E-state index is 0.562. The summed E-state index contributed by atoms with van der Waals surface area (Å²) in [5, 5.41) is 0. The fraction of sp³-hybridized carbons (Fsp3) is 0.312. The molecule has 18 heavy (non-hydrogen) atoms. The summed E-state index contributed by atoms with van der Waals surface area (Å²) in [6.45, 7) is 6.48. The minimum Gasteiger partial charge on any atom is -0.481 e. The molecule has 0 radical (unpaired) electrons. The standard InChI is InChI=1S/C16H19NO/c1-11(2)13-5-7-14(8-6-13)15-9-16(18-4)17-10-12(15)3/h5-11H,1-4H3. The maximum Gasteiger partial charge on any atom is 0.213 e. The lowest BCUT2D eigenvalue weighted by atomic mass is 9.97. The van der Waals surface area contributed by atoms with Gasteiger partial charge in [-0.2, -0.15) is 0 Å². The van der Waals surface area contributed by atoms with Gasteiger partial charge in [0.2, 0.25) is 5.88 Å². The fourth-order valence-electron chi connectivity index (χ4n) is 1.97. The molecular weight excluding hydrogens is 222 g/mol. The summed E-state index contributed by atoms with van der Waals surface area (Å²) in [4.78, 5) is 4.21. The average Bonchev–Trinajstić information content (AvgIpc) is 2.39. The van der Waals surface area contributed by atoms with Crippen LogP contribution in [-0.4, -0.2) is 12.1 Å². The van der Waals surface area contributed by atoms with Crippen LogP contribution in [0.3, 0.4) is 0 Å². The molecule has 0 bridgehead atoms. The molecule has 0 unspecified atom stereocenters. The Bertz CT molecular complexity index is 529. The first kappa shape index (κ1) is 12.6. The number of nitrogens with zero attached hydrogens (tertiary/aromatic N) is 1. The van der Waals surface area contributed by atoms with Crippen molar-refractivity contribution < 1.29 is 4.74 Å². The van der Waals surface area contributed by atoms with Gasteiger partial charge in [0.25, 0.3) is 0 Å². The van der Waals surface area contributed by atoms with Crippen molar-refractivity contribution in [1.82, 2.24) is 4.98 Å². The van der Waals surface area contributed by atoms with E-state index in [0.717, 1.165) is 5.56 Å². The lowest BCUT2D eigenvalue weighted by Crippen LogP contribution is -1.92. The van der Waals surface area contributed by atoms with Gasteiger partial charge in [-0.1, -0.05) is 38.1 Å². The zero-order chi connectivity index (χ0) is 13.1. The Morgan fingerprint density at radius 1 is 1.11 bits per heavy atom. The van der Waals surface area contributed by atoms with Crippen LogP contribution in [0.4, 0.5) is 0 Å². The summed E-state index contributed by atoms with van der Waals surface area (Å²) >= 11 is 0. The Labute approximate surface area is 109 Å². The van der Waals surface area contributed by atoms with Crippen molar-refractivity contribution >= 4 is 0 Å². The number of ether oxygens (including phenoxy) is 1. The predicted octanol–water partition coefficient (Wildman–Crippen LogP) is 4.19. The number of methoxy groups -OCH3 is 1. The Balaban J connectivity index is 2.41. The van der Waals surface area contributed by atoms with Gasteiger partial charge >= 0.3 is 0 Å². The lowest BCUT2D eigenvalue weighted by Gasteiger charge is -2.10. The van der Waals surface area contributed by atoms with Gasteiger partial charge in [-0.05, 0) is 35.1 Å². The zero-order valence-corrected chi connectivity index (χ0v) is 11.4. The molecule has 0 aliphatic rings. The van der Waals surface area contributed by atoms with E-state index in [-0.39, 0.29) is 0 Å². The van der Waals surface area contributed by atoms with Gasteiger partial charge < -0.3 is 4.74 Å². The molecular formula is C16H19NO. The monoisotopic (exact) mass is 241 g/mol. The number of benzene rings is 1. The Kier molecular flexibility index (Phi) is 3.66. The third kappa shape index (κ3) is 2.53. The van der Waals surface area contributed by atoms with Gasteiger partial charge in [0.1, 0.15) is 0 Å². The highest BCUT2D eigenvalue weighted by Gasteiger charge is 2.06. The molecule has 0 atom stereocenters. The third-order valence-electron chi connectivity index (χ3n) is 3.18. The molecule has 0 aliphatic carbocycles. The van der Waals surface area contributed by atoms with E-state index in [1.165, 1.54) is 16.7 Å². The van der Waals surface area contributed by atoms with E-state index in [9.17, 15) is 0 Å². The summed E-state index contributed by atoms with van der Waals surface area (Å²) in [6.07, 6.45) is 1.85. The maximum absolute atomic E-state index is 5.18. The molecule has 0 aliphatic heterocycles. The molecule has 0 fully saturated rings. The van der Waals surface area contributed by atoms with Crippen molar-refractivity contribution in [1.29, 1.82) is 0 Å². The van der Waals surface area contributed by atoms with Crippen LogP contribution in [0.5, 0.6) is 5.88 Å². The summed E-state index contributed by atoms with van der Waals surface area (Å²) in [7, 11) is 1.64. The fourth-order valence-corrected chi connectivity index (χ4v) is 1.97. The number of hydrogen-bond acceptors (Lipinski definition) is 2. The lowest BCUT2D eigenvalue weighted by molar-refractivity contribution is 0.398. The van der Waals surface area contributed by atoms with Gasteiger partial charge in [-0.15, -0.1) is 0 Å². The molecule has 0 amide bonds. The van der Waals surface area contributed by atoms with Crippen LogP contribution in [0.1, 0.15) is 30.9 Å². The average molecular weight is 241 g/mol. The van der Waals surface area contributed by atoms with Crippen LogP contribution in [0.15, 0.2) is 36.5 Å². The second kappa shape index (κ2) is 5.21. The van der Waals surface area contributed by atoms with Crippen molar-refractivity contribution in [2.45, 2.75) is 26.7 Å². The largest absolute Gasteiger partial charge is 0.481 e. The zero-order valence-electron chi connectivity index (χ0n) is 11.4. The number of rotatable bonds is 3. The predicted molar refractivity (Wildman–Crippen MR) is 75.1 cm³/mol. The van der Waals surface area contributed by atoms with Crippen molar-refractivity contribution in [2.75, 3.05) is 7.11 Å². The van der Waals surface area contributed by atoms with E-state index >= 15 is 0 Å². The van der Waals surface area contributed by atoms with E-state index < -0.39 is 0 Å². The van der Waals surface area contributed by atoms with Crippen molar-refractivity contribution in [3.05, 3.63) is 47.7 Å². The number of hydrogen-bond donors (Lipinski definition) is 0. The molecule has 0 spiro atoms. The first-order valence-electron chi connectivity index (χ1n) is 6.22. The Morgan fingerprint density at radius 2 is 1.78 bits per heavy atom. The summed E-state index contributed by atoms with van der Waals surface area (Å²) in [5.41, 5.74) is 4.90. The topological polar surface area (TPSA) is 22.1 Å². The second-order valence-corrected chi connectivity index (χ2v) is 4.82. The molecule has 1 heterocycles. The molecule has 0 N–H and O–H groups in total. The first-order chi connectivity index (χ1) is 8.61. The minimum atomic E-state index is 0.562. The van der Waals surface area contributed by atoms with Crippen molar-refractivity contribution in [3.63, 3.8) is 0 Å². The molecule has 0 saturated heterocycles. The Hall–Kier alpha value is -1.83. The number of pyridine rings is 1. The van der Waals surface area contributed by atoms with Crippen molar-refractivity contribution in [2.24, 2.45) is 0 Å². The number of aromatic nitrogens is 1. The summed E-state index contributed by atoms with van der Waals surface area (Å²) < 4.78 is 5.18. The van der Waals surface area contributed by atoms with Crippen LogP contribution >= 0.6 is 0 Å². The molecule has 2 heteroatoms. The first-order valence-corrected chi connectivity index (χ1v) is 6.22. The van der Waals surface area contributed by atoms with E-state index in [1.54, 1.807) is 7.11 Å². The molecule has 2 aromatic rings. The highest BCUT2D eigenvalue weighted by molar-refractivity contribution is 5.68. The van der Waals surface area contributed by atoms with Crippen LogP contribution in [0.25, 0.3) is 11.1 Å². The highest BCUT2D eigenvalue weighted by Crippen LogP contribution is 2.27. The van der Waals surface area contributed by atoms with Crippen molar-refractivity contribution in [3.8, 4) is 17.0 Å². The molecule has 94 valence electrons. The Morgan fingerprint density at radius 3 is 2.33 bits per heavy atom. The summed E-state index contributed by atoms with van der Waals surface area (Å²) in [5.74, 6) is 1.22. The third-order valence-corrected chi connectivity index (χ3v) is 3.18. The van der Waals surface area contributed by atoms with E-state index in [1.807, 2.05) is 12.3 Å². The van der Waals surface area contributed by atoms with Gasteiger partial charge in [-0.25, -0.2) is 4.98 Å². The van der Waals surface area contributed by atoms with Crippen LogP contribution in [-0.2, 0) is 0 Å². The molecule has 1 aromatic carbocycles. The molecule has 2 rings (SSSR count). The van der Waals surface area contributed by atoms with Gasteiger partial charge in [0.05, 0.1) is 7.11 Å². The van der Waals surface area contributed by atoms with Gasteiger partial charge in [0.15, 0.2) is 0 Å². The van der Waals surface area contributed by atoms with E-state index in [4.69, 9.17) is 4.74 Å². The van der Waals surface area contributed by atoms with E-state index in [0.29, 0.717) is 11.8 Å². The summed E-state index contributed by atoms with van der Waals surface area (Å²) in [6, 6.07) is 10.7. The highest BCUT2D eigenvalue weighted by atomic mass is 16.5. The maximum atomic E-state index is 5.18. The van der Waals surface area contributed by atoms with Gasteiger partial charge in [0, 0.05) is 12.3 Å².